The van der Waals surface area contributed by atoms with Crippen molar-refractivity contribution in [2.75, 3.05) is 0 Å². The summed E-state index contributed by atoms with van der Waals surface area (Å²) in [6.07, 6.45) is 3.92. The second kappa shape index (κ2) is 6.08. The van der Waals surface area contributed by atoms with Crippen molar-refractivity contribution in [3.63, 3.8) is 0 Å². The largest absolute Gasteiger partial charge is 0.307 e. The Labute approximate surface area is 116 Å². The maximum absolute atomic E-state index is 6.25. The fourth-order valence-electron chi connectivity index (χ4n) is 2.97. The van der Waals surface area contributed by atoms with Crippen molar-refractivity contribution in [2.45, 2.75) is 52.1 Å². The molecule has 0 aromatic heterocycles. The van der Waals surface area contributed by atoms with E-state index in [1.165, 1.54) is 24.8 Å². The summed E-state index contributed by atoms with van der Waals surface area (Å²) in [5.41, 5.74) is 1.21. The predicted octanol–water partition coefficient (Wildman–Crippen LogP) is 4.82. The average Bonchev–Trinajstić information content (AvgIpc) is 2.34. The van der Waals surface area contributed by atoms with Crippen LogP contribution in [0.3, 0.4) is 0 Å². The van der Waals surface area contributed by atoms with E-state index in [1.54, 1.807) is 0 Å². The SMILES string of the molecule is CC1CCC(N[C@H](C)c2ccccc2Cl)CC1C. The van der Waals surface area contributed by atoms with Crippen LogP contribution < -0.4 is 5.32 Å². The smallest absolute Gasteiger partial charge is 0.0453 e. The lowest BCUT2D eigenvalue weighted by molar-refractivity contribution is 0.217. The van der Waals surface area contributed by atoms with Gasteiger partial charge in [0.2, 0.25) is 0 Å². The van der Waals surface area contributed by atoms with Crippen LogP contribution in [0.25, 0.3) is 0 Å². The van der Waals surface area contributed by atoms with Gasteiger partial charge >= 0.3 is 0 Å². The monoisotopic (exact) mass is 265 g/mol. The van der Waals surface area contributed by atoms with Crippen molar-refractivity contribution in [3.8, 4) is 0 Å². The molecule has 1 saturated carbocycles. The van der Waals surface area contributed by atoms with Crippen molar-refractivity contribution >= 4 is 11.6 Å². The number of rotatable bonds is 3. The van der Waals surface area contributed by atoms with E-state index in [0.717, 1.165) is 16.9 Å². The van der Waals surface area contributed by atoms with E-state index in [0.29, 0.717) is 12.1 Å². The van der Waals surface area contributed by atoms with Crippen molar-refractivity contribution in [1.29, 1.82) is 0 Å². The van der Waals surface area contributed by atoms with E-state index < -0.39 is 0 Å². The zero-order valence-corrected chi connectivity index (χ0v) is 12.4. The fraction of sp³-hybridized carbons (Fsp3) is 0.625. The summed E-state index contributed by atoms with van der Waals surface area (Å²) in [6, 6.07) is 9.12. The molecule has 0 spiro atoms. The normalized spacial score (nSPS) is 30.1. The van der Waals surface area contributed by atoms with Gasteiger partial charge in [0.15, 0.2) is 0 Å². The van der Waals surface area contributed by atoms with Crippen LogP contribution in [0.1, 0.15) is 51.6 Å². The lowest BCUT2D eigenvalue weighted by atomic mass is 9.79. The first-order valence-corrected chi connectivity index (χ1v) is 7.46. The molecule has 0 amide bonds. The second-order valence-electron chi connectivity index (χ2n) is 5.87. The number of hydrogen-bond acceptors (Lipinski definition) is 1. The standard InChI is InChI=1S/C16H24ClN/c1-11-8-9-14(10-12(11)2)18-13(3)15-6-4-5-7-16(15)17/h4-7,11-14,18H,8-10H2,1-3H3/t11?,12?,13-,14?/m1/s1. The molecule has 0 heterocycles. The second-order valence-corrected chi connectivity index (χ2v) is 6.28. The summed E-state index contributed by atoms with van der Waals surface area (Å²) in [5.74, 6) is 1.70. The molecule has 4 atom stereocenters. The highest BCUT2D eigenvalue weighted by atomic mass is 35.5. The maximum atomic E-state index is 6.25. The number of nitrogens with one attached hydrogen (secondary N) is 1. The summed E-state index contributed by atoms with van der Waals surface area (Å²) in [6.45, 7) is 6.96. The molecule has 1 aromatic rings. The lowest BCUT2D eigenvalue weighted by Gasteiger charge is -2.34. The molecule has 0 saturated heterocycles. The minimum absolute atomic E-state index is 0.337. The van der Waals surface area contributed by atoms with Gasteiger partial charge in [-0.15, -0.1) is 0 Å². The van der Waals surface area contributed by atoms with Crippen LogP contribution in [0.5, 0.6) is 0 Å². The Hall–Kier alpha value is -0.530. The molecular weight excluding hydrogens is 242 g/mol. The van der Waals surface area contributed by atoms with Gasteiger partial charge in [0.05, 0.1) is 0 Å². The first-order chi connectivity index (χ1) is 8.58. The molecule has 0 aliphatic heterocycles. The van der Waals surface area contributed by atoms with Crippen LogP contribution in [-0.4, -0.2) is 6.04 Å². The van der Waals surface area contributed by atoms with Crippen molar-refractivity contribution in [1.82, 2.24) is 5.32 Å². The Morgan fingerprint density at radius 3 is 2.56 bits per heavy atom. The fourth-order valence-corrected chi connectivity index (χ4v) is 3.27. The average molecular weight is 266 g/mol. The summed E-state index contributed by atoms with van der Waals surface area (Å²) < 4.78 is 0. The van der Waals surface area contributed by atoms with Crippen LogP contribution >= 0.6 is 11.6 Å². The molecule has 2 rings (SSSR count). The van der Waals surface area contributed by atoms with Gasteiger partial charge in [0.1, 0.15) is 0 Å². The topological polar surface area (TPSA) is 12.0 Å². The minimum Gasteiger partial charge on any atom is -0.307 e. The third-order valence-corrected chi connectivity index (χ3v) is 4.80. The van der Waals surface area contributed by atoms with Gasteiger partial charge in [0, 0.05) is 17.1 Å². The quantitative estimate of drug-likeness (QED) is 0.827. The molecule has 1 fully saturated rings. The van der Waals surface area contributed by atoms with E-state index in [4.69, 9.17) is 11.6 Å². The predicted molar refractivity (Wildman–Crippen MR) is 79.0 cm³/mol. The summed E-state index contributed by atoms with van der Waals surface area (Å²) in [4.78, 5) is 0. The first-order valence-electron chi connectivity index (χ1n) is 7.08. The van der Waals surface area contributed by atoms with Gasteiger partial charge in [-0.25, -0.2) is 0 Å². The number of halogens is 1. The third-order valence-electron chi connectivity index (χ3n) is 4.46. The summed E-state index contributed by atoms with van der Waals surface area (Å²) in [5, 5.41) is 4.61. The molecule has 0 radical (unpaired) electrons. The number of benzene rings is 1. The molecule has 1 nitrogen and oxygen atoms in total. The molecule has 2 heteroatoms. The Morgan fingerprint density at radius 2 is 1.89 bits per heavy atom. The maximum Gasteiger partial charge on any atom is 0.0453 e. The van der Waals surface area contributed by atoms with Gasteiger partial charge in [-0.05, 0) is 49.7 Å². The molecule has 1 aliphatic carbocycles. The number of hydrogen-bond donors (Lipinski definition) is 1. The van der Waals surface area contributed by atoms with Gasteiger partial charge in [-0.1, -0.05) is 43.6 Å². The van der Waals surface area contributed by atoms with Crippen LogP contribution in [-0.2, 0) is 0 Å². The highest BCUT2D eigenvalue weighted by Gasteiger charge is 2.25. The molecule has 3 unspecified atom stereocenters. The van der Waals surface area contributed by atoms with Gasteiger partial charge < -0.3 is 5.32 Å². The molecular formula is C16H24ClN. The lowest BCUT2D eigenvalue weighted by Crippen LogP contribution is -2.37. The molecule has 100 valence electrons. The Balaban J connectivity index is 1.96. The van der Waals surface area contributed by atoms with Crippen LogP contribution in [0, 0.1) is 11.8 Å². The van der Waals surface area contributed by atoms with Crippen LogP contribution in [0.4, 0.5) is 0 Å². The van der Waals surface area contributed by atoms with E-state index in [-0.39, 0.29) is 0 Å². The summed E-state index contributed by atoms with van der Waals surface area (Å²) >= 11 is 6.25. The van der Waals surface area contributed by atoms with Gasteiger partial charge in [-0.2, -0.15) is 0 Å². The van der Waals surface area contributed by atoms with E-state index in [9.17, 15) is 0 Å². The van der Waals surface area contributed by atoms with Crippen molar-refractivity contribution in [3.05, 3.63) is 34.9 Å². The van der Waals surface area contributed by atoms with Crippen molar-refractivity contribution in [2.24, 2.45) is 11.8 Å². The van der Waals surface area contributed by atoms with Gasteiger partial charge in [0.25, 0.3) is 0 Å². The van der Waals surface area contributed by atoms with E-state index >= 15 is 0 Å². The molecule has 1 aromatic carbocycles. The zero-order valence-electron chi connectivity index (χ0n) is 11.6. The van der Waals surface area contributed by atoms with Crippen LogP contribution in [0.15, 0.2) is 24.3 Å². The Morgan fingerprint density at radius 1 is 1.17 bits per heavy atom. The van der Waals surface area contributed by atoms with E-state index in [1.807, 2.05) is 12.1 Å². The zero-order chi connectivity index (χ0) is 13.1. The molecule has 0 bridgehead atoms. The summed E-state index contributed by atoms with van der Waals surface area (Å²) in [7, 11) is 0. The third kappa shape index (κ3) is 3.27. The van der Waals surface area contributed by atoms with Crippen molar-refractivity contribution < 1.29 is 0 Å². The Kier molecular flexibility index (Phi) is 4.69. The molecule has 18 heavy (non-hydrogen) atoms. The molecule has 1 aliphatic rings. The molecule has 1 N–H and O–H groups in total. The highest BCUT2D eigenvalue weighted by Crippen LogP contribution is 2.31. The highest BCUT2D eigenvalue weighted by molar-refractivity contribution is 6.31. The van der Waals surface area contributed by atoms with Gasteiger partial charge in [-0.3, -0.25) is 0 Å². The van der Waals surface area contributed by atoms with E-state index in [2.05, 4.69) is 38.2 Å². The first kappa shape index (κ1) is 13.9. The minimum atomic E-state index is 0.337. The Bertz CT molecular complexity index is 390. The van der Waals surface area contributed by atoms with Crippen LogP contribution in [0.2, 0.25) is 5.02 Å².